The van der Waals surface area contributed by atoms with Gasteiger partial charge in [0.1, 0.15) is 0 Å². The van der Waals surface area contributed by atoms with Crippen molar-refractivity contribution < 1.29 is 5.11 Å². The second-order valence-corrected chi connectivity index (χ2v) is 7.45. The van der Waals surface area contributed by atoms with Crippen molar-refractivity contribution in [1.82, 2.24) is 5.32 Å². The molecule has 0 aromatic heterocycles. The van der Waals surface area contributed by atoms with Gasteiger partial charge in [0.25, 0.3) is 0 Å². The molecule has 0 radical (unpaired) electrons. The molecule has 0 aromatic carbocycles. The van der Waals surface area contributed by atoms with Gasteiger partial charge in [0.15, 0.2) is 0 Å². The molecule has 1 aliphatic rings. The average Bonchev–Trinajstić information content (AvgIpc) is 2.28. The maximum Gasteiger partial charge on any atom is 0.0628 e. The van der Waals surface area contributed by atoms with Gasteiger partial charge in [0, 0.05) is 16.5 Å². The van der Waals surface area contributed by atoms with Gasteiger partial charge in [-0.3, -0.25) is 0 Å². The molecule has 0 aromatic rings. The van der Waals surface area contributed by atoms with E-state index >= 15 is 0 Å². The van der Waals surface area contributed by atoms with Gasteiger partial charge in [0.05, 0.1) is 6.10 Å². The van der Waals surface area contributed by atoms with E-state index in [1.165, 1.54) is 19.3 Å². The third-order valence-electron chi connectivity index (χ3n) is 4.21. The first kappa shape index (κ1) is 15.3. The average molecular weight is 259 g/mol. The topological polar surface area (TPSA) is 32.3 Å². The van der Waals surface area contributed by atoms with E-state index in [0.29, 0.717) is 16.5 Å². The van der Waals surface area contributed by atoms with Gasteiger partial charge in [-0.25, -0.2) is 0 Å². The second-order valence-electron chi connectivity index (χ2n) is 5.83. The molecular formula is C14H29NOS. The van der Waals surface area contributed by atoms with E-state index in [4.69, 9.17) is 0 Å². The molecule has 1 rings (SSSR count). The molecule has 1 saturated carbocycles. The van der Waals surface area contributed by atoms with Crippen LogP contribution in [0, 0.1) is 11.8 Å². The Bertz CT molecular complexity index is 218. The fourth-order valence-corrected chi connectivity index (χ4v) is 4.23. The summed E-state index contributed by atoms with van der Waals surface area (Å²) in [5.41, 5.74) is 0. The third kappa shape index (κ3) is 4.46. The molecule has 2 N–H and O–H groups in total. The molecule has 1 fully saturated rings. The largest absolute Gasteiger partial charge is 0.392 e. The normalized spacial score (nSPS) is 33.7. The van der Waals surface area contributed by atoms with Crippen LogP contribution in [0.5, 0.6) is 0 Å². The molecule has 0 heterocycles. The molecule has 0 spiro atoms. The molecule has 0 bridgehead atoms. The van der Waals surface area contributed by atoms with Crippen molar-refractivity contribution in [2.24, 2.45) is 11.8 Å². The lowest BCUT2D eigenvalue weighted by Gasteiger charge is -2.38. The van der Waals surface area contributed by atoms with Crippen molar-refractivity contribution in [3.05, 3.63) is 0 Å². The number of aliphatic hydroxyl groups excluding tert-OH is 1. The molecule has 3 heteroatoms. The summed E-state index contributed by atoms with van der Waals surface area (Å²) in [5.74, 6) is 1.65. The van der Waals surface area contributed by atoms with E-state index in [-0.39, 0.29) is 6.10 Å². The van der Waals surface area contributed by atoms with Crippen molar-refractivity contribution in [1.29, 1.82) is 0 Å². The zero-order chi connectivity index (χ0) is 13.0. The molecular weight excluding hydrogens is 230 g/mol. The van der Waals surface area contributed by atoms with E-state index in [0.717, 1.165) is 11.8 Å². The summed E-state index contributed by atoms with van der Waals surface area (Å²) in [6.07, 6.45) is 3.72. The van der Waals surface area contributed by atoms with Crippen LogP contribution in [0.15, 0.2) is 0 Å². The van der Waals surface area contributed by atoms with E-state index in [1.54, 1.807) is 0 Å². The zero-order valence-electron chi connectivity index (χ0n) is 11.9. The Kier molecular flexibility index (Phi) is 6.32. The fraction of sp³-hybridized carbons (Fsp3) is 1.00. The highest BCUT2D eigenvalue weighted by atomic mass is 32.2. The highest BCUT2D eigenvalue weighted by Gasteiger charge is 2.32. The Labute approximate surface area is 111 Å². The van der Waals surface area contributed by atoms with Gasteiger partial charge < -0.3 is 10.4 Å². The number of thioether (sulfide) groups is 1. The van der Waals surface area contributed by atoms with Gasteiger partial charge in [-0.05, 0) is 45.1 Å². The quantitative estimate of drug-likeness (QED) is 0.796. The van der Waals surface area contributed by atoms with Crippen LogP contribution in [0.3, 0.4) is 0 Å². The first-order valence-corrected chi connectivity index (χ1v) is 7.90. The Hall–Kier alpha value is 0.270. The van der Waals surface area contributed by atoms with Gasteiger partial charge in [-0.2, -0.15) is 11.8 Å². The van der Waals surface area contributed by atoms with Crippen LogP contribution >= 0.6 is 11.8 Å². The number of rotatable bonds is 5. The molecule has 1 aliphatic carbocycles. The Morgan fingerprint density at radius 2 is 1.82 bits per heavy atom. The highest BCUT2D eigenvalue weighted by molar-refractivity contribution is 8.00. The van der Waals surface area contributed by atoms with Gasteiger partial charge in [0.2, 0.25) is 0 Å². The van der Waals surface area contributed by atoms with Gasteiger partial charge in [-0.1, -0.05) is 20.8 Å². The minimum Gasteiger partial charge on any atom is -0.392 e. The first-order chi connectivity index (χ1) is 7.95. The summed E-state index contributed by atoms with van der Waals surface area (Å²) in [4.78, 5) is 0. The molecule has 5 unspecified atom stereocenters. The van der Waals surface area contributed by atoms with Crippen molar-refractivity contribution >= 4 is 11.8 Å². The smallest absolute Gasteiger partial charge is 0.0628 e. The van der Waals surface area contributed by atoms with Crippen LogP contribution in [0.4, 0.5) is 0 Å². The molecule has 5 atom stereocenters. The predicted molar refractivity (Wildman–Crippen MR) is 77.5 cm³/mol. The molecule has 0 saturated heterocycles. The molecule has 0 amide bonds. The van der Waals surface area contributed by atoms with Crippen LogP contribution in [-0.4, -0.2) is 34.8 Å². The zero-order valence-corrected chi connectivity index (χ0v) is 12.8. The van der Waals surface area contributed by atoms with Crippen LogP contribution in [0.2, 0.25) is 0 Å². The summed E-state index contributed by atoms with van der Waals surface area (Å²) in [7, 11) is 2.07. The van der Waals surface area contributed by atoms with E-state index in [2.05, 4.69) is 33.1 Å². The minimum atomic E-state index is -0.211. The summed E-state index contributed by atoms with van der Waals surface area (Å²) < 4.78 is 0. The number of hydrogen-bond donors (Lipinski definition) is 2. The van der Waals surface area contributed by atoms with Gasteiger partial charge in [-0.15, -0.1) is 0 Å². The first-order valence-electron chi connectivity index (χ1n) is 6.96. The Morgan fingerprint density at radius 1 is 1.18 bits per heavy atom. The lowest BCUT2D eigenvalue weighted by atomic mass is 9.79. The van der Waals surface area contributed by atoms with Crippen molar-refractivity contribution in [2.75, 3.05) is 7.05 Å². The summed E-state index contributed by atoms with van der Waals surface area (Å²) >= 11 is 1.97. The fourth-order valence-electron chi connectivity index (χ4n) is 2.64. The number of nitrogens with one attached hydrogen (secondary N) is 1. The van der Waals surface area contributed by atoms with E-state index in [1.807, 2.05) is 18.7 Å². The summed E-state index contributed by atoms with van der Waals surface area (Å²) in [5, 5.41) is 14.1. The minimum absolute atomic E-state index is 0.211. The third-order valence-corrected chi connectivity index (χ3v) is 5.91. The lowest BCUT2D eigenvalue weighted by molar-refractivity contribution is 0.195. The van der Waals surface area contributed by atoms with Crippen LogP contribution < -0.4 is 5.32 Å². The van der Waals surface area contributed by atoms with Crippen LogP contribution in [-0.2, 0) is 0 Å². The van der Waals surface area contributed by atoms with Crippen molar-refractivity contribution in [2.45, 2.75) is 69.6 Å². The molecule has 17 heavy (non-hydrogen) atoms. The number of aliphatic hydroxyl groups is 1. The molecule has 2 nitrogen and oxygen atoms in total. The summed E-state index contributed by atoms with van der Waals surface area (Å²) in [6.45, 7) is 8.71. The Morgan fingerprint density at radius 3 is 2.29 bits per heavy atom. The predicted octanol–water partition coefficient (Wildman–Crippen LogP) is 2.90. The highest BCUT2D eigenvalue weighted by Crippen LogP contribution is 2.38. The molecule has 0 aliphatic heterocycles. The SMILES string of the molecule is CNC1CCC(C(C)C)CC1SC(C)C(C)O. The lowest BCUT2D eigenvalue weighted by Crippen LogP contribution is -2.43. The summed E-state index contributed by atoms with van der Waals surface area (Å²) in [6, 6.07) is 0.621. The van der Waals surface area contributed by atoms with E-state index in [9.17, 15) is 5.11 Å². The van der Waals surface area contributed by atoms with Gasteiger partial charge >= 0.3 is 0 Å². The van der Waals surface area contributed by atoms with E-state index < -0.39 is 0 Å². The van der Waals surface area contributed by atoms with Crippen molar-refractivity contribution in [3.63, 3.8) is 0 Å². The second kappa shape index (κ2) is 7.01. The standard InChI is InChI=1S/C14H29NOS/c1-9(2)12-6-7-13(15-5)14(8-12)17-11(4)10(3)16/h9-16H,6-8H2,1-5H3. The Balaban J connectivity index is 2.57. The van der Waals surface area contributed by atoms with Crippen LogP contribution in [0.25, 0.3) is 0 Å². The van der Waals surface area contributed by atoms with Crippen LogP contribution in [0.1, 0.15) is 47.0 Å². The number of hydrogen-bond acceptors (Lipinski definition) is 3. The molecule has 102 valence electrons. The van der Waals surface area contributed by atoms with Crippen molar-refractivity contribution in [3.8, 4) is 0 Å². The maximum absolute atomic E-state index is 9.64. The maximum atomic E-state index is 9.64. The monoisotopic (exact) mass is 259 g/mol.